The first-order valence-corrected chi connectivity index (χ1v) is 8.24. The summed E-state index contributed by atoms with van der Waals surface area (Å²) < 4.78 is 5.41. The maximum Gasteiger partial charge on any atom is 0.259 e. The first kappa shape index (κ1) is 16.1. The molecule has 1 aliphatic carbocycles. The smallest absolute Gasteiger partial charge is 0.259 e. The van der Waals surface area contributed by atoms with Gasteiger partial charge in [-0.25, -0.2) is 0 Å². The number of halogens is 1. The van der Waals surface area contributed by atoms with E-state index in [1.807, 2.05) is 24.4 Å². The highest BCUT2D eigenvalue weighted by Gasteiger charge is 2.39. The van der Waals surface area contributed by atoms with Crippen LogP contribution in [0.2, 0.25) is 0 Å². The molecule has 120 valence electrons. The van der Waals surface area contributed by atoms with Gasteiger partial charge in [-0.15, -0.1) is 12.4 Å². The second kappa shape index (κ2) is 6.03. The number of aryl methyl sites for hydroxylation is 1. The maximum absolute atomic E-state index is 6.24. The minimum absolute atomic E-state index is 0. The molecule has 0 amide bonds. The molecular formula is C16H17ClN4OS. The van der Waals surface area contributed by atoms with Crippen molar-refractivity contribution in [1.82, 2.24) is 15.1 Å². The molecule has 7 heteroatoms. The predicted octanol–water partition coefficient (Wildman–Crippen LogP) is 3.93. The molecule has 0 spiro atoms. The minimum Gasteiger partial charge on any atom is -0.334 e. The molecule has 2 N–H and O–H groups in total. The lowest BCUT2D eigenvalue weighted by atomic mass is 9.77. The summed E-state index contributed by atoms with van der Waals surface area (Å²) in [7, 11) is 0. The van der Waals surface area contributed by atoms with Crippen LogP contribution in [0.5, 0.6) is 0 Å². The van der Waals surface area contributed by atoms with Crippen molar-refractivity contribution in [1.29, 1.82) is 0 Å². The summed E-state index contributed by atoms with van der Waals surface area (Å²) in [6.07, 6.45) is 2.96. The first-order valence-electron chi connectivity index (χ1n) is 7.29. The number of hydrogen-bond acceptors (Lipinski definition) is 6. The first-order chi connectivity index (χ1) is 10.7. The number of hydrogen-bond donors (Lipinski definition) is 1. The Morgan fingerprint density at radius 3 is 2.65 bits per heavy atom. The molecule has 1 saturated carbocycles. The van der Waals surface area contributed by atoms with Crippen LogP contribution in [0.4, 0.5) is 0 Å². The lowest BCUT2D eigenvalue weighted by Gasteiger charge is -2.34. The van der Waals surface area contributed by atoms with Crippen molar-refractivity contribution in [2.75, 3.05) is 0 Å². The molecule has 0 aromatic carbocycles. The average Bonchev–Trinajstić information content (AvgIpc) is 3.16. The molecule has 4 rings (SSSR count). The molecule has 1 aliphatic rings. The molecule has 23 heavy (non-hydrogen) atoms. The number of thiophene rings is 1. The molecule has 3 aromatic rings. The molecule has 0 radical (unpaired) electrons. The fraction of sp³-hybridized carbons (Fsp3) is 0.312. The van der Waals surface area contributed by atoms with Crippen LogP contribution in [0.1, 0.15) is 30.8 Å². The van der Waals surface area contributed by atoms with E-state index in [0.717, 1.165) is 41.8 Å². The van der Waals surface area contributed by atoms with Gasteiger partial charge in [0, 0.05) is 10.9 Å². The van der Waals surface area contributed by atoms with E-state index in [1.54, 1.807) is 11.3 Å². The Morgan fingerprint density at radius 2 is 2.04 bits per heavy atom. The van der Waals surface area contributed by atoms with Gasteiger partial charge in [-0.2, -0.15) is 16.3 Å². The Hall–Kier alpha value is -1.76. The summed E-state index contributed by atoms with van der Waals surface area (Å²) in [6.45, 7) is 1.95. The standard InChI is InChI=1S/C16H16N4OS.ClH/c1-10-12(3-4-13(18-10)11-5-8-22-9-11)14-19-15(20-21-14)16(17)6-2-7-16;/h3-5,8-9H,2,6-7,17H2,1H3;1H. The summed E-state index contributed by atoms with van der Waals surface area (Å²) in [5.74, 6) is 1.10. The van der Waals surface area contributed by atoms with Crippen LogP contribution in [-0.2, 0) is 5.54 Å². The lowest BCUT2D eigenvalue weighted by Crippen LogP contribution is -2.44. The Balaban J connectivity index is 0.00000156. The van der Waals surface area contributed by atoms with Crippen LogP contribution in [0.15, 0.2) is 33.5 Å². The highest BCUT2D eigenvalue weighted by atomic mass is 35.5. The fourth-order valence-electron chi connectivity index (χ4n) is 2.67. The van der Waals surface area contributed by atoms with Crippen molar-refractivity contribution in [3.8, 4) is 22.7 Å². The van der Waals surface area contributed by atoms with E-state index in [4.69, 9.17) is 10.3 Å². The van der Waals surface area contributed by atoms with Crippen molar-refractivity contribution >= 4 is 23.7 Å². The summed E-state index contributed by atoms with van der Waals surface area (Å²) in [4.78, 5) is 9.13. The van der Waals surface area contributed by atoms with Crippen LogP contribution in [0.25, 0.3) is 22.7 Å². The Labute approximate surface area is 144 Å². The van der Waals surface area contributed by atoms with Crippen LogP contribution in [0.3, 0.4) is 0 Å². The zero-order chi connectivity index (χ0) is 15.2. The largest absolute Gasteiger partial charge is 0.334 e. The topological polar surface area (TPSA) is 77.8 Å². The Kier molecular flexibility index (Phi) is 4.23. The highest BCUT2D eigenvalue weighted by Crippen LogP contribution is 2.38. The molecule has 0 atom stereocenters. The number of nitrogens with two attached hydrogens (primary N) is 1. The molecule has 0 bridgehead atoms. The third kappa shape index (κ3) is 2.78. The SMILES string of the molecule is Cc1nc(-c2ccsc2)ccc1-c1nc(C2(N)CCC2)no1.Cl. The molecule has 0 aliphatic heterocycles. The quantitative estimate of drug-likeness (QED) is 0.775. The molecular weight excluding hydrogens is 332 g/mol. The Bertz CT molecular complexity index is 811. The van der Waals surface area contributed by atoms with Crippen LogP contribution in [0, 0.1) is 6.92 Å². The van der Waals surface area contributed by atoms with Gasteiger partial charge in [0.15, 0.2) is 5.82 Å². The van der Waals surface area contributed by atoms with Gasteiger partial charge in [0.1, 0.15) is 0 Å². The zero-order valence-electron chi connectivity index (χ0n) is 12.7. The van der Waals surface area contributed by atoms with E-state index in [9.17, 15) is 0 Å². The predicted molar refractivity (Wildman–Crippen MR) is 92.5 cm³/mol. The highest BCUT2D eigenvalue weighted by molar-refractivity contribution is 7.08. The molecule has 1 fully saturated rings. The van der Waals surface area contributed by atoms with E-state index < -0.39 is 5.54 Å². The van der Waals surface area contributed by atoms with Gasteiger partial charge >= 0.3 is 0 Å². The van der Waals surface area contributed by atoms with Crippen LogP contribution in [-0.4, -0.2) is 15.1 Å². The van der Waals surface area contributed by atoms with Gasteiger partial charge < -0.3 is 10.3 Å². The molecule has 3 heterocycles. The number of rotatable bonds is 3. The zero-order valence-corrected chi connectivity index (χ0v) is 14.3. The van der Waals surface area contributed by atoms with Gasteiger partial charge in [-0.3, -0.25) is 4.98 Å². The van der Waals surface area contributed by atoms with E-state index in [2.05, 4.69) is 26.6 Å². The second-order valence-corrected chi connectivity index (χ2v) is 6.55. The lowest BCUT2D eigenvalue weighted by molar-refractivity contribution is 0.229. The molecule has 3 aromatic heterocycles. The summed E-state index contributed by atoms with van der Waals surface area (Å²) in [5, 5.41) is 8.19. The number of pyridine rings is 1. The monoisotopic (exact) mass is 348 g/mol. The van der Waals surface area contributed by atoms with E-state index in [-0.39, 0.29) is 12.4 Å². The van der Waals surface area contributed by atoms with Crippen molar-refractivity contribution in [3.05, 3.63) is 40.5 Å². The summed E-state index contributed by atoms with van der Waals surface area (Å²) in [6, 6.07) is 6.03. The van der Waals surface area contributed by atoms with E-state index in [0.29, 0.717) is 11.7 Å². The van der Waals surface area contributed by atoms with Gasteiger partial charge in [0.25, 0.3) is 5.89 Å². The van der Waals surface area contributed by atoms with Crippen molar-refractivity contribution < 1.29 is 4.52 Å². The van der Waals surface area contributed by atoms with Gasteiger partial charge in [-0.05, 0) is 49.8 Å². The molecule has 5 nitrogen and oxygen atoms in total. The van der Waals surface area contributed by atoms with Gasteiger partial charge in [0.2, 0.25) is 0 Å². The van der Waals surface area contributed by atoms with Crippen LogP contribution < -0.4 is 5.73 Å². The number of nitrogens with zero attached hydrogens (tertiary/aromatic N) is 3. The average molecular weight is 349 g/mol. The van der Waals surface area contributed by atoms with Gasteiger partial charge in [-0.1, -0.05) is 5.16 Å². The maximum atomic E-state index is 6.24. The van der Waals surface area contributed by atoms with Gasteiger partial charge in [0.05, 0.1) is 22.5 Å². The third-order valence-corrected chi connectivity index (χ3v) is 4.93. The number of aromatic nitrogens is 3. The van der Waals surface area contributed by atoms with Crippen molar-refractivity contribution in [2.45, 2.75) is 31.7 Å². The van der Waals surface area contributed by atoms with Crippen molar-refractivity contribution in [3.63, 3.8) is 0 Å². The Morgan fingerprint density at radius 1 is 1.22 bits per heavy atom. The van der Waals surface area contributed by atoms with E-state index in [1.165, 1.54) is 0 Å². The van der Waals surface area contributed by atoms with E-state index >= 15 is 0 Å². The summed E-state index contributed by atoms with van der Waals surface area (Å²) >= 11 is 1.66. The summed E-state index contributed by atoms with van der Waals surface area (Å²) in [5.41, 5.74) is 9.66. The molecule has 0 saturated heterocycles. The van der Waals surface area contributed by atoms with Crippen molar-refractivity contribution in [2.24, 2.45) is 5.73 Å². The second-order valence-electron chi connectivity index (χ2n) is 5.77. The normalized spacial score (nSPS) is 15.7. The molecule has 0 unspecified atom stereocenters. The third-order valence-electron chi connectivity index (χ3n) is 4.25. The fourth-order valence-corrected chi connectivity index (χ4v) is 3.32. The van der Waals surface area contributed by atoms with Crippen LogP contribution >= 0.6 is 23.7 Å². The minimum atomic E-state index is -0.403.